The van der Waals surface area contributed by atoms with Gasteiger partial charge in [-0.05, 0) is 19.8 Å². The fourth-order valence-electron chi connectivity index (χ4n) is 1.89. The van der Waals surface area contributed by atoms with Gasteiger partial charge in [0, 0.05) is 12.5 Å². The van der Waals surface area contributed by atoms with E-state index in [9.17, 15) is 14.4 Å². The van der Waals surface area contributed by atoms with Gasteiger partial charge in [0.15, 0.2) is 0 Å². The quantitative estimate of drug-likeness (QED) is 0.277. The number of amides is 1. The minimum absolute atomic E-state index is 0. The predicted octanol–water partition coefficient (Wildman–Crippen LogP) is 2.98. The van der Waals surface area contributed by atoms with Crippen LogP contribution in [0.25, 0.3) is 0 Å². The third-order valence-corrected chi connectivity index (χ3v) is 3.23. The second-order valence-corrected chi connectivity index (χ2v) is 8.60. The third kappa shape index (κ3) is 13.4. The molecule has 1 fully saturated rings. The number of esters is 1. The number of nitrogens with zero attached hydrogens (tertiary/aromatic N) is 1. The minimum Gasteiger partial charge on any atom is -0.542 e. The van der Waals surface area contributed by atoms with E-state index in [0.717, 1.165) is 0 Å². The first-order chi connectivity index (χ1) is 11.5. The first-order valence-corrected chi connectivity index (χ1v) is 8.97. The number of alkyl halides is 2. The Kier molecular flexibility index (Phi) is 15.6. The summed E-state index contributed by atoms with van der Waals surface area (Å²) in [4.78, 5) is 34.3. The first kappa shape index (κ1) is 28.4. The van der Waals surface area contributed by atoms with E-state index in [0.29, 0.717) is 19.4 Å². The second-order valence-electron chi connectivity index (χ2n) is 6.74. The van der Waals surface area contributed by atoms with Crippen molar-refractivity contribution in [3.05, 3.63) is 5.92 Å². The Labute approximate surface area is 190 Å². The molecule has 6 nitrogen and oxygen atoms in total. The standard InChI is InChI=1S/C13H19Cl2N2O4.C4H9.U/c1-9(5-7-18)11(19)17-6-3-4-10(16-17)12(20)21-8-13(2,14)15;1-4(2)3;/h9-10,16H,3-6,8H2,1-2H3;1-3H3;/q2*-1;+2/t9?,10-;;/m0../s1. The summed E-state index contributed by atoms with van der Waals surface area (Å²) in [6.07, 6.45) is 2.96. The van der Waals surface area contributed by atoms with Gasteiger partial charge in [0.1, 0.15) is 17.0 Å². The molecule has 1 aliphatic heterocycles. The van der Waals surface area contributed by atoms with E-state index in [1.54, 1.807) is 13.2 Å². The molecule has 0 aromatic heterocycles. The van der Waals surface area contributed by atoms with Crippen molar-refractivity contribution in [1.29, 1.82) is 0 Å². The Morgan fingerprint density at radius 2 is 1.92 bits per heavy atom. The number of ether oxygens (including phenoxy) is 1. The summed E-state index contributed by atoms with van der Waals surface area (Å²) in [6, 6.07) is -0.620. The molecule has 0 bridgehead atoms. The number of hydrazine groups is 1. The maximum atomic E-state index is 12.1. The fourth-order valence-corrected chi connectivity index (χ4v) is 2.00. The zero-order valence-electron chi connectivity index (χ0n) is 16.0. The van der Waals surface area contributed by atoms with Crippen LogP contribution in [0.5, 0.6) is 0 Å². The van der Waals surface area contributed by atoms with Crippen LogP contribution in [0.1, 0.15) is 53.9 Å². The van der Waals surface area contributed by atoms with Crippen molar-refractivity contribution in [2.45, 2.75) is 64.3 Å². The molecule has 26 heavy (non-hydrogen) atoms. The normalized spacial score (nSPS) is 18.2. The van der Waals surface area contributed by atoms with Crippen LogP contribution in [0.2, 0.25) is 0 Å². The van der Waals surface area contributed by atoms with Crippen LogP contribution in [-0.2, 0) is 19.1 Å². The van der Waals surface area contributed by atoms with Crippen LogP contribution in [0, 0.1) is 42.9 Å². The van der Waals surface area contributed by atoms with Crippen LogP contribution in [0.15, 0.2) is 0 Å². The van der Waals surface area contributed by atoms with Crippen LogP contribution < -0.4 is 5.43 Å². The molecule has 0 spiro atoms. The van der Waals surface area contributed by atoms with E-state index in [2.05, 4.69) is 26.2 Å². The first-order valence-electron chi connectivity index (χ1n) is 8.21. The van der Waals surface area contributed by atoms with Crippen molar-refractivity contribution in [3.63, 3.8) is 0 Å². The molecule has 9 heteroatoms. The van der Waals surface area contributed by atoms with Gasteiger partial charge in [-0.2, -0.15) is 20.8 Å². The van der Waals surface area contributed by atoms with Crippen molar-refractivity contribution >= 4 is 41.4 Å². The van der Waals surface area contributed by atoms with Crippen molar-refractivity contribution < 1.29 is 50.2 Å². The van der Waals surface area contributed by atoms with Gasteiger partial charge in [0.25, 0.3) is 0 Å². The SMILES string of the molecule is CC(C[C-]=O)C(=O)N1CCC[C@@H](C(=O)OCC(C)(Cl)Cl)N1.C[C-](C)C.[U+2]. The van der Waals surface area contributed by atoms with Crippen molar-refractivity contribution in [2.75, 3.05) is 13.2 Å². The zero-order chi connectivity index (χ0) is 19.6. The smallest absolute Gasteiger partial charge is 0.542 e. The molecule has 1 saturated heterocycles. The molecule has 1 rings (SSSR count). The monoisotopic (exact) mass is 632 g/mol. The Bertz CT molecular complexity index is 442. The molecule has 0 aromatic carbocycles. The molecule has 0 radical (unpaired) electrons. The number of rotatable bonds is 6. The van der Waals surface area contributed by atoms with Crippen LogP contribution in [0.4, 0.5) is 0 Å². The van der Waals surface area contributed by atoms with E-state index in [4.69, 9.17) is 27.9 Å². The second kappa shape index (κ2) is 14.2. The summed E-state index contributed by atoms with van der Waals surface area (Å²) in [5, 5.41) is 1.36. The van der Waals surface area contributed by atoms with Crippen molar-refractivity contribution in [3.8, 4) is 0 Å². The van der Waals surface area contributed by atoms with Gasteiger partial charge in [-0.25, -0.2) is 5.43 Å². The predicted molar refractivity (Wildman–Crippen MR) is 98.7 cm³/mol. The number of nitrogens with one attached hydrogen (secondary N) is 1. The van der Waals surface area contributed by atoms with Gasteiger partial charge < -0.3 is 15.4 Å². The summed E-state index contributed by atoms with van der Waals surface area (Å²) >= 11 is 11.5. The number of carbonyl (C=O) groups is 2. The Morgan fingerprint density at radius 3 is 2.38 bits per heavy atom. The Balaban J connectivity index is 0. The van der Waals surface area contributed by atoms with Crippen molar-refractivity contribution in [2.24, 2.45) is 5.92 Å². The van der Waals surface area contributed by atoms with Crippen LogP contribution in [-0.4, -0.2) is 46.7 Å². The van der Waals surface area contributed by atoms with Gasteiger partial charge >= 0.3 is 37.1 Å². The maximum absolute atomic E-state index is 12.1. The molecule has 1 aliphatic rings. The Morgan fingerprint density at radius 1 is 1.38 bits per heavy atom. The van der Waals surface area contributed by atoms with Gasteiger partial charge in [-0.1, -0.05) is 30.1 Å². The minimum atomic E-state index is -1.14. The molecule has 0 aromatic rings. The van der Waals surface area contributed by atoms with E-state index >= 15 is 0 Å². The zero-order valence-corrected chi connectivity index (χ0v) is 21.7. The summed E-state index contributed by atoms with van der Waals surface area (Å²) in [7, 11) is 0. The number of halogens is 2. The molecular weight excluding hydrogens is 605 g/mol. The molecule has 2 atom stereocenters. The fraction of sp³-hybridized carbons (Fsp3) is 0.765. The van der Waals surface area contributed by atoms with Crippen LogP contribution >= 0.6 is 23.2 Å². The molecule has 0 saturated carbocycles. The maximum Gasteiger partial charge on any atom is 2.00 e. The van der Waals surface area contributed by atoms with Gasteiger partial charge in [0.2, 0.25) is 5.91 Å². The number of hydrogen-bond donors (Lipinski definition) is 1. The summed E-state index contributed by atoms with van der Waals surface area (Å²) in [6.45, 7) is 9.76. The van der Waals surface area contributed by atoms with Crippen LogP contribution in [0.3, 0.4) is 0 Å². The van der Waals surface area contributed by atoms with E-state index in [1.165, 1.54) is 17.9 Å². The third-order valence-electron chi connectivity index (χ3n) is 3.02. The molecule has 0 aliphatic carbocycles. The summed E-state index contributed by atoms with van der Waals surface area (Å²) < 4.78 is 3.87. The Hall–Kier alpha value is 0.202. The molecule has 1 unspecified atom stereocenters. The topological polar surface area (TPSA) is 75.7 Å². The molecule has 1 N–H and O–H groups in total. The van der Waals surface area contributed by atoms with Gasteiger partial charge in [0.05, 0.1) is 0 Å². The average molecular weight is 633 g/mol. The average Bonchev–Trinajstić information content (AvgIpc) is 2.51. The molecule has 1 heterocycles. The van der Waals surface area contributed by atoms with E-state index in [-0.39, 0.29) is 50.0 Å². The molecule has 1 amide bonds. The number of carbonyl (C=O) groups excluding carboxylic acids is 3. The van der Waals surface area contributed by atoms with Gasteiger partial charge in [-0.3, -0.25) is 20.9 Å². The largest absolute Gasteiger partial charge is 2.00 e. The summed E-state index contributed by atoms with van der Waals surface area (Å²) in [5.74, 6) is 0.198. The molecular formula is C17H28Cl2N2O4U. The van der Waals surface area contributed by atoms with E-state index < -0.39 is 22.3 Å². The van der Waals surface area contributed by atoms with Crippen molar-refractivity contribution in [1.82, 2.24) is 10.4 Å². The molecule has 148 valence electrons. The van der Waals surface area contributed by atoms with E-state index in [1.807, 2.05) is 0 Å². The number of hydrogen-bond acceptors (Lipinski definition) is 5. The summed E-state index contributed by atoms with van der Waals surface area (Å²) in [5.41, 5.74) is 2.82. The van der Waals surface area contributed by atoms with Gasteiger partial charge in [-0.15, -0.1) is 6.42 Å².